The van der Waals surface area contributed by atoms with Gasteiger partial charge in [-0.2, -0.15) is 0 Å². The maximum Gasteiger partial charge on any atom is 0.165 e. The van der Waals surface area contributed by atoms with Crippen LogP contribution in [0.1, 0.15) is 31.8 Å². The molecule has 2 unspecified atom stereocenters. The van der Waals surface area contributed by atoms with Gasteiger partial charge in [-0.3, -0.25) is 4.57 Å². The molecule has 1 saturated heterocycles. The number of hydrogen-bond donors (Lipinski definition) is 3. The number of ether oxygens (including phenoxy) is 1. The number of imidazole rings is 1. The molecule has 2 aromatic heterocycles. The van der Waals surface area contributed by atoms with Crippen LogP contribution in [0.5, 0.6) is 0 Å². The van der Waals surface area contributed by atoms with Crippen LogP contribution >= 0.6 is 6.89 Å². The van der Waals surface area contributed by atoms with E-state index in [1.165, 1.54) is 0 Å². The topological polar surface area (TPSA) is 106 Å². The quantitative estimate of drug-likeness (QED) is 0.659. The average Bonchev–Trinajstić information content (AvgIpc) is 3.05. The molecule has 3 rings (SSSR count). The molecule has 0 aromatic carbocycles. The summed E-state index contributed by atoms with van der Waals surface area (Å²) in [7, 11) is 0. The lowest BCUT2D eigenvalue weighted by Crippen LogP contribution is -2.32. The summed E-state index contributed by atoms with van der Waals surface area (Å²) in [6, 6.07) is 1.71. The van der Waals surface area contributed by atoms with Crippen LogP contribution in [0, 0.1) is 0 Å². The Morgan fingerprint density at radius 3 is 2.73 bits per heavy atom. The van der Waals surface area contributed by atoms with E-state index >= 15 is 0 Å². The molecule has 4 N–H and O–H groups in total. The average molecular weight is 380 g/mol. The first-order valence-corrected chi connectivity index (χ1v) is 12.1. The van der Waals surface area contributed by atoms with Crippen LogP contribution in [0.15, 0.2) is 12.3 Å². The van der Waals surface area contributed by atoms with Gasteiger partial charge in [-0.25, -0.2) is 9.97 Å². The summed E-state index contributed by atoms with van der Waals surface area (Å²) in [5.74, 6) is 0.759. The largest absolute Gasteiger partial charge is 0.397 e. The number of nitrogens with two attached hydrogens (primary N) is 1. The van der Waals surface area contributed by atoms with Crippen LogP contribution in [0.4, 0.5) is 5.69 Å². The number of aliphatic hydroxyl groups is 2. The Bertz CT molecular complexity index is 831. The molecule has 0 amide bonds. The van der Waals surface area contributed by atoms with Crippen molar-refractivity contribution < 1.29 is 14.9 Å². The maximum atomic E-state index is 10.7. The van der Waals surface area contributed by atoms with Gasteiger partial charge in [0.25, 0.3) is 0 Å². The van der Waals surface area contributed by atoms with Crippen molar-refractivity contribution in [3.05, 3.63) is 18.1 Å². The number of nitrogens with zero attached hydrogens (tertiary/aromatic N) is 3. The third-order valence-corrected chi connectivity index (χ3v) is 6.24. The van der Waals surface area contributed by atoms with E-state index in [2.05, 4.69) is 36.5 Å². The van der Waals surface area contributed by atoms with Gasteiger partial charge in [-0.05, 0) is 38.4 Å². The molecule has 0 saturated carbocycles. The molecular formula is C18H29N4O3P. The molecule has 8 heteroatoms. The van der Waals surface area contributed by atoms with Gasteiger partial charge in [0.1, 0.15) is 23.5 Å². The van der Waals surface area contributed by atoms with E-state index in [0.29, 0.717) is 29.7 Å². The summed E-state index contributed by atoms with van der Waals surface area (Å²) in [6.07, 6.45) is 5.86. The summed E-state index contributed by atoms with van der Waals surface area (Å²) in [4.78, 5) is 9.02. The van der Waals surface area contributed by atoms with E-state index in [4.69, 9.17) is 10.5 Å². The normalized spacial score (nSPS) is 26.7. The Balaban J connectivity index is 1.96. The Hall–Kier alpha value is -1.40. The highest BCUT2D eigenvalue weighted by Gasteiger charge is 2.44. The standard InChI is InChI=1S/C18H29N4O3P/c1-5-6-13-21-14-11(19)7-9-20-17(14)22(13)18-16(24)15(23)12(25-18)8-10-26(2,3)4/h7,9,12,15-16,18,23-24H,2,5-6,8,10H2,1,3-4H3,(H2,19,20)/t12?,15-,16-,18?/m1/s1. The number of aliphatic hydroxyl groups excluding tert-OH is 2. The van der Waals surface area contributed by atoms with Gasteiger partial charge >= 0.3 is 0 Å². The smallest absolute Gasteiger partial charge is 0.165 e. The van der Waals surface area contributed by atoms with Crippen LogP contribution in [-0.4, -0.2) is 68.9 Å². The number of pyridine rings is 1. The van der Waals surface area contributed by atoms with Crippen molar-refractivity contribution in [3.8, 4) is 0 Å². The van der Waals surface area contributed by atoms with Crippen LogP contribution in [-0.2, 0) is 11.2 Å². The first kappa shape index (κ1) is 19.4. The van der Waals surface area contributed by atoms with Crippen molar-refractivity contribution in [2.45, 2.75) is 50.7 Å². The molecule has 4 atom stereocenters. The minimum absolute atomic E-state index is 0.427. The highest BCUT2D eigenvalue weighted by atomic mass is 31.2. The zero-order valence-electron chi connectivity index (χ0n) is 15.7. The summed E-state index contributed by atoms with van der Waals surface area (Å²) in [5, 5.41) is 21.2. The number of anilines is 1. The fraction of sp³-hybridized carbons (Fsp3) is 0.611. The first-order chi connectivity index (χ1) is 12.2. The Labute approximate surface area is 154 Å². The van der Waals surface area contributed by atoms with Gasteiger partial charge in [0, 0.05) is 12.6 Å². The van der Waals surface area contributed by atoms with Gasteiger partial charge in [0.2, 0.25) is 0 Å². The zero-order valence-corrected chi connectivity index (χ0v) is 16.6. The lowest BCUT2D eigenvalue weighted by molar-refractivity contribution is -0.0368. The van der Waals surface area contributed by atoms with Crippen molar-refractivity contribution in [1.82, 2.24) is 14.5 Å². The van der Waals surface area contributed by atoms with Crippen LogP contribution in [0.3, 0.4) is 0 Å². The molecule has 144 valence electrons. The second kappa shape index (κ2) is 7.31. The molecule has 0 aliphatic carbocycles. The molecule has 0 bridgehead atoms. The number of nitrogen functional groups attached to an aromatic ring is 1. The summed E-state index contributed by atoms with van der Waals surface area (Å²) < 4.78 is 7.89. The van der Waals surface area contributed by atoms with E-state index in [-0.39, 0.29) is 0 Å². The molecule has 3 heterocycles. The number of aromatic nitrogens is 3. The Morgan fingerprint density at radius 1 is 1.35 bits per heavy atom. The van der Waals surface area contributed by atoms with E-state index in [1.54, 1.807) is 16.8 Å². The predicted molar refractivity (Wildman–Crippen MR) is 107 cm³/mol. The minimum atomic E-state index is -1.23. The highest BCUT2D eigenvalue weighted by molar-refractivity contribution is 7.72. The van der Waals surface area contributed by atoms with Gasteiger partial charge in [0.15, 0.2) is 11.9 Å². The van der Waals surface area contributed by atoms with Crippen molar-refractivity contribution in [3.63, 3.8) is 0 Å². The first-order valence-electron chi connectivity index (χ1n) is 9.03. The van der Waals surface area contributed by atoms with Crippen molar-refractivity contribution >= 4 is 30.0 Å². The van der Waals surface area contributed by atoms with E-state index in [9.17, 15) is 10.2 Å². The Kier molecular flexibility index (Phi) is 5.45. The van der Waals surface area contributed by atoms with Gasteiger partial charge in [0.05, 0.1) is 11.8 Å². The highest BCUT2D eigenvalue weighted by Crippen LogP contribution is 2.40. The van der Waals surface area contributed by atoms with Gasteiger partial charge in [-0.1, -0.05) is 6.92 Å². The molecule has 1 aliphatic heterocycles. The van der Waals surface area contributed by atoms with E-state index in [1.807, 2.05) is 0 Å². The third kappa shape index (κ3) is 3.67. The summed E-state index contributed by atoms with van der Waals surface area (Å²) in [5.41, 5.74) is 7.77. The summed E-state index contributed by atoms with van der Waals surface area (Å²) >= 11 is 0. The molecule has 7 nitrogen and oxygen atoms in total. The molecule has 1 fully saturated rings. The fourth-order valence-corrected chi connectivity index (χ4v) is 4.33. The second-order valence-electron chi connectivity index (χ2n) is 7.71. The van der Waals surface area contributed by atoms with Crippen LogP contribution in [0.2, 0.25) is 0 Å². The monoisotopic (exact) mass is 380 g/mol. The molecule has 26 heavy (non-hydrogen) atoms. The maximum absolute atomic E-state index is 10.7. The van der Waals surface area contributed by atoms with Crippen molar-refractivity contribution in [2.75, 3.05) is 25.2 Å². The SMILES string of the molecule is C=P(C)(C)CCC1OC(n2c(CCC)nc3c(N)ccnc32)[C@H](O)[C@@H]1O. The van der Waals surface area contributed by atoms with Crippen LogP contribution in [0.25, 0.3) is 11.2 Å². The van der Waals surface area contributed by atoms with Crippen molar-refractivity contribution in [1.29, 1.82) is 0 Å². The zero-order chi connectivity index (χ0) is 19.1. The molecule has 0 spiro atoms. The van der Waals surface area contributed by atoms with Crippen LogP contribution < -0.4 is 5.73 Å². The van der Waals surface area contributed by atoms with Gasteiger partial charge < -0.3 is 20.7 Å². The Morgan fingerprint density at radius 2 is 2.08 bits per heavy atom. The molecular weight excluding hydrogens is 351 g/mol. The van der Waals surface area contributed by atoms with Gasteiger partial charge in [-0.15, -0.1) is 13.2 Å². The van der Waals surface area contributed by atoms with E-state index in [0.717, 1.165) is 18.4 Å². The fourth-order valence-electron chi connectivity index (χ4n) is 3.38. The molecule has 2 aromatic rings. The lowest BCUT2D eigenvalue weighted by Gasteiger charge is -2.20. The van der Waals surface area contributed by atoms with E-state index < -0.39 is 31.4 Å². The van der Waals surface area contributed by atoms with Crippen molar-refractivity contribution in [2.24, 2.45) is 0 Å². The molecule has 1 aliphatic rings. The number of rotatable bonds is 6. The number of aryl methyl sites for hydroxylation is 1. The lowest BCUT2D eigenvalue weighted by atomic mass is 10.1. The predicted octanol–water partition coefficient (Wildman–Crippen LogP) is 1.68. The number of hydrogen-bond acceptors (Lipinski definition) is 6. The second-order valence-corrected chi connectivity index (χ2v) is 12.0. The third-order valence-electron chi connectivity index (χ3n) is 4.77. The minimum Gasteiger partial charge on any atom is -0.397 e. The molecule has 0 radical (unpaired) electrons. The summed E-state index contributed by atoms with van der Waals surface area (Å²) in [6.45, 7) is 5.13. The number of fused-ring (bicyclic) bond motifs is 1.